The lowest BCUT2D eigenvalue weighted by atomic mass is 10.1. The van der Waals surface area contributed by atoms with Crippen LogP contribution in [-0.4, -0.2) is 24.4 Å². The maximum atomic E-state index is 12.1. The molecular weight excluding hydrogens is 255 g/mol. The van der Waals surface area contributed by atoms with Gasteiger partial charge in [-0.25, -0.2) is 9.78 Å². The summed E-state index contributed by atoms with van der Waals surface area (Å²) in [5.74, 6) is -2.29. The first-order chi connectivity index (χ1) is 8.30. The summed E-state index contributed by atoms with van der Waals surface area (Å²) in [6, 6.07) is 1.49. The van der Waals surface area contributed by atoms with Gasteiger partial charge in [0.25, 0.3) is 0 Å². The Morgan fingerprint density at radius 1 is 1.56 bits per heavy atom. The van der Waals surface area contributed by atoms with E-state index in [-0.39, 0.29) is 5.69 Å². The fourth-order valence-electron chi connectivity index (χ4n) is 1.11. The summed E-state index contributed by atoms with van der Waals surface area (Å²) in [7, 11) is 0.935. The molecule has 0 unspecified atom stereocenters. The molecule has 1 heterocycles. The number of rotatable bonds is 2. The molecule has 0 spiro atoms. The maximum Gasteiger partial charge on any atom is 0.574 e. The molecule has 1 aromatic rings. The van der Waals surface area contributed by atoms with E-state index in [9.17, 15) is 18.0 Å². The van der Waals surface area contributed by atoms with E-state index in [1.807, 2.05) is 0 Å². The van der Waals surface area contributed by atoms with Crippen molar-refractivity contribution < 1.29 is 27.4 Å². The summed E-state index contributed by atoms with van der Waals surface area (Å²) in [5.41, 5.74) is 3.81. The molecule has 0 bridgehead atoms. The number of aromatic nitrogens is 1. The van der Waals surface area contributed by atoms with Crippen LogP contribution in [0.4, 0.5) is 18.9 Å². The topological polar surface area (TPSA) is 98.2 Å². The number of ether oxygens (including phenoxy) is 2. The molecule has 0 aliphatic heterocycles. The Kier molecular flexibility index (Phi) is 3.61. The van der Waals surface area contributed by atoms with E-state index in [1.54, 1.807) is 0 Å². The van der Waals surface area contributed by atoms with Crippen LogP contribution in [0, 0.1) is 11.3 Å². The van der Waals surface area contributed by atoms with Gasteiger partial charge in [-0.05, 0) is 0 Å². The number of nitriles is 1. The number of alkyl halides is 3. The number of nitrogens with zero attached hydrogens (tertiary/aromatic N) is 2. The number of hydrogen-bond acceptors (Lipinski definition) is 6. The van der Waals surface area contributed by atoms with Gasteiger partial charge in [-0.3, -0.25) is 0 Å². The third-order valence-electron chi connectivity index (χ3n) is 1.79. The minimum absolute atomic E-state index is 0.257. The van der Waals surface area contributed by atoms with Gasteiger partial charge in [-0.2, -0.15) is 5.26 Å². The summed E-state index contributed by atoms with van der Waals surface area (Å²) in [6.45, 7) is 0. The van der Waals surface area contributed by atoms with Crippen molar-refractivity contribution in [2.24, 2.45) is 0 Å². The highest BCUT2D eigenvalue weighted by Gasteiger charge is 2.35. The Morgan fingerprint density at radius 3 is 2.61 bits per heavy atom. The maximum absolute atomic E-state index is 12.1. The first kappa shape index (κ1) is 13.6. The molecule has 0 saturated heterocycles. The predicted octanol–water partition coefficient (Wildman–Crippen LogP) is 1.22. The first-order valence-electron chi connectivity index (χ1n) is 4.32. The van der Waals surface area contributed by atoms with Crippen LogP contribution in [0.1, 0.15) is 15.9 Å². The molecule has 0 radical (unpaired) electrons. The van der Waals surface area contributed by atoms with Crippen LogP contribution < -0.4 is 10.5 Å². The quantitative estimate of drug-likeness (QED) is 0.803. The Labute approximate surface area is 98.7 Å². The number of halogens is 3. The van der Waals surface area contributed by atoms with Gasteiger partial charge in [0.1, 0.15) is 11.6 Å². The van der Waals surface area contributed by atoms with Crippen molar-refractivity contribution in [1.29, 1.82) is 5.26 Å². The second-order valence-electron chi connectivity index (χ2n) is 2.92. The number of anilines is 1. The molecule has 1 rings (SSSR count). The molecule has 0 atom stereocenters. The number of carbonyl (C=O) groups excluding carboxylic acids is 1. The Balaban J connectivity index is 3.44. The highest BCUT2D eigenvalue weighted by molar-refractivity contribution is 5.96. The highest BCUT2D eigenvalue weighted by atomic mass is 19.4. The van der Waals surface area contributed by atoms with Crippen LogP contribution in [0.2, 0.25) is 0 Å². The van der Waals surface area contributed by atoms with Crippen molar-refractivity contribution >= 4 is 11.7 Å². The molecule has 0 amide bonds. The molecule has 0 aliphatic rings. The van der Waals surface area contributed by atoms with Crippen molar-refractivity contribution in [3.63, 3.8) is 0 Å². The van der Waals surface area contributed by atoms with Crippen molar-refractivity contribution in [2.75, 3.05) is 12.8 Å². The number of pyridine rings is 1. The van der Waals surface area contributed by atoms with Gasteiger partial charge >= 0.3 is 12.3 Å². The van der Waals surface area contributed by atoms with Crippen LogP contribution in [0.3, 0.4) is 0 Å². The number of nitrogen functional groups attached to an aromatic ring is 1. The minimum Gasteiger partial charge on any atom is -0.465 e. The minimum atomic E-state index is -5.06. The van der Waals surface area contributed by atoms with Crippen LogP contribution in [0.25, 0.3) is 0 Å². The SMILES string of the molecule is COC(=O)c1c(OC(F)(F)F)ncc(N)c1C#N. The van der Waals surface area contributed by atoms with Gasteiger partial charge in [-0.15, -0.1) is 13.2 Å². The van der Waals surface area contributed by atoms with Crippen LogP contribution >= 0.6 is 0 Å². The lowest BCUT2D eigenvalue weighted by Crippen LogP contribution is -2.21. The molecule has 0 aromatic carbocycles. The first-order valence-corrected chi connectivity index (χ1v) is 4.32. The summed E-state index contributed by atoms with van der Waals surface area (Å²) < 4.78 is 44.1. The van der Waals surface area contributed by atoms with Crippen molar-refractivity contribution in [3.05, 3.63) is 17.3 Å². The van der Waals surface area contributed by atoms with E-state index < -0.39 is 29.3 Å². The molecule has 9 heteroatoms. The summed E-state index contributed by atoms with van der Waals surface area (Å²) in [6.07, 6.45) is -4.27. The van der Waals surface area contributed by atoms with Crippen molar-refractivity contribution in [1.82, 2.24) is 4.98 Å². The molecule has 6 nitrogen and oxygen atoms in total. The van der Waals surface area contributed by atoms with Crippen molar-refractivity contribution in [2.45, 2.75) is 6.36 Å². The molecule has 0 saturated carbocycles. The number of carbonyl (C=O) groups is 1. The number of nitrogens with two attached hydrogens (primary N) is 1. The molecular formula is C9H6F3N3O3. The van der Waals surface area contributed by atoms with E-state index in [4.69, 9.17) is 11.0 Å². The van der Waals surface area contributed by atoms with E-state index in [0.29, 0.717) is 0 Å². The Hall–Kier alpha value is -2.50. The molecule has 0 fully saturated rings. The standard InChI is InChI=1S/C9H6F3N3O3/c1-17-8(16)6-4(2-13)5(14)3-15-7(6)18-9(10,11)12/h3H,14H2,1H3. The Morgan fingerprint density at radius 2 is 2.17 bits per heavy atom. The number of methoxy groups -OCH3 is 1. The highest BCUT2D eigenvalue weighted by Crippen LogP contribution is 2.29. The molecule has 2 N–H and O–H groups in total. The van der Waals surface area contributed by atoms with Crippen LogP contribution in [-0.2, 0) is 4.74 Å². The van der Waals surface area contributed by atoms with E-state index in [0.717, 1.165) is 13.3 Å². The summed E-state index contributed by atoms with van der Waals surface area (Å²) in [4.78, 5) is 14.6. The van der Waals surface area contributed by atoms with E-state index >= 15 is 0 Å². The van der Waals surface area contributed by atoms with E-state index in [2.05, 4.69) is 14.5 Å². The van der Waals surface area contributed by atoms with Gasteiger partial charge in [-0.1, -0.05) is 0 Å². The zero-order valence-electron chi connectivity index (χ0n) is 8.91. The third-order valence-corrected chi connectivity index (χ3v) is 1.79. The van der Waals surface area contributed by atoms with Gasteiger partial charge in [0.15, 0.2) is 0 Å². The van der Waals surface area contributed by atoms with Gasteiger partial charge < -0.3 is 15.2 Å². The third kappa shape index (κ3) is 2.79. The molecule has 18 heavy (non-hydrogen) atoms. The predicted molar refractivity (Wildman–Crippen MR) is 51.4 cm³/mol. The largest absolute Gasteiger partial charge is 0.574 e. The van der Waals surface area contributed by atoms with E-state index in [1.165, 1.54) is 6.07 Å². The average molecular weight is 261 g/mol. The number of esters is 1. The molecule has 0 aliphatic carbocycles. The second-order valence-corrected chi connectivity index (χ2v) is 2.92. The average Bonchev–Trinajstić information content (AvgIpc) is 2.28. The van der Waals surface area contributed by atoms with Crippen LogP contribution in [0.5, 0.6) is 5.88 Å². The second kappa shape index (κ2) is 4.79. The lowest BCUT2D eigenvalue weighted by molar-refractivity contribution is -0.276. The normalized spacial score (nSPS) is 10.6. The van der Waals surface area contributed by atoms with Crippen LogP contribution in [0.15, 0.2) is 6.20 Å². The van der Waals surface area contributed by atoms with Gasteiger partial charge in [0.2, 0.25) is 5.88 Å². The smallest absolute Gasteiger partial charge is 0.465 e. The summed E-state index contributed by atoms with van der Waals surface area (Å²) >= 11 is 0. The fourth-order valence-corrected chi connectivity index (χ4v) is 1.11. The fraction of sp³-hybridized carbons (Fsp3) is 0.222. The Bertz CT molecular complexity index is 522. The van der Waals surface area contributed by atoms with Crippen molar-refractivity contribution in [3.8, 4) is 11.9 Å². The summed E-state index contributed by atoms with van der Waals surface area (Å²) in [5, 5.41) is 8.76. The number of hydrogen-bond donors (Lipinski definition) is 1. The zero-order valence-corrected chi connectivity index (χ0v) is 8.91. The lowest BCUT2D eigenvalue weighted by Gasteiger charge is -2.12. The zero-order chi connectivity index (χ0) is 13.9. The molecule has 96 valence electrons. The van der Waals surface area contributed by atoms with Gasteiger partial charge in [0, 0.05) is 0 Å². The monoisotopic (exact) mass is 261 g/mol. The molecule has 1 aromatic heterocycles. The van der Waals surface area contributed by atoms with Gasteiger partial charge in [0.05, 0.1) is 24.6 Å².